The predicted molar refractivity (Wildman–Crippen MR) is 98.5 cm³/mol. The Labute approximate surface area is 159 Å². The maximum atomic E-state index is 13.4. The van der Waals surface area contributed by atoms with Crippen LogP contribution in [0.2, 0.25) is 0 Å². The van der Waals surface area contributed by atoms with Gasteiger partial charge in [-0.3, -0.25) is 19.4 Å². The third-order valence-corrected chi connectivity index (χ3v) is 6.24. The molecular formula is C20H26N4O3. The molecule has 4 rings (SSSR count). The van der Waals surface area contributed by atoms with Crippen LogP contribution in [0.25, 0.3) is 0 Å². The molecule has 1 aromatic heterocycles. The van der Waals surface area contributed by atoms with Gasteiger partial charge in [-0.15, -0.1) is 0 Å². The van der Waals surface area contributed by atoms with E-state index in [1.54, 1.807) is 12.4 Å². The Hall–Kier alpha value is -2.44. The summed E-state index contributed by atoms with van der Waals surface area (Å²) >= 11 is 0. The van der Waals surface area contributed by atoms with E-state index in [9.17, 15) is 14.4 Å². The van der Waals surface area contributed by atoms with E-state index in [4.69, 9.17) is 0 Å². The summed E-state index contributed by atoms with van der Waals surface area (Å²) in [4.78, 5) is 46.0. The molecule has 1 N–H and O–H groups in total. The lowest BCUT2D eigenvalue weighted by atomic mass is 9.69. The van der Waals surface area contributed by atoms with Crippen LogP contribution in [0.4, 0.5) is 0 Å². The molecule has 0 spiro atoms. The van der Waals surface area contributed by atoms with Crippen LogP contribution in [0.1, 0.15) is 37.7 Å². The van der Waals surface area contributed by atoms with Gasteiger partial charge in [0, 0.05) is 51.0 Å². The molecule has 2 atom stereocenters. The van der Waals surface area contributed by atoms with Crippen LogP contribution >= 0.6 is 0 Å². The second kappa shape index (κ2) is 7.29. The Balaban J connectivity index is 1.54. The molecule has 0 radical (unpaired) electrons. The fraction of sp³-hybridized carbons (Fsp3) is 0.600. The second-order valence-corrected chi connectivity index (χ2v) is 7.91. The molecule has 0 saturated carbocycles. The number of nitrogens with one attached hydrogen (secondary N) is 1. The highest BCUT2D eigenvalue weighted by Crippen LogP contribution is 2.40. The molecule has 3 fully saturated rings. The SMILES string of the molecule is O=C1CC[C@]2(C(=O)N3CCCC3)CN(C(=O)Cc3ccncc3)CC[C@H]2N1. The number of hydrogen-bond acceptors (Lipinski definition) is 4. The molecule has 0 bridgehead atoms. The van der Waals surface area contributed by atoms with Crippen molar-refractivity contribution in [2.24, 2.45) is 5.41 Å². The lowest BCUT2D eigenvalue weighted by Gasteiger charge is -2.50. The van der Waals surface area contributed by atoms with Crippen molar-refractivity contribution >= 4 is 17.7 Å². The number of piperidine rings is 2. The highest BCUT2D eigenvalue weighted by Gasteiger charge is 2.54. The quantitative estimate of drug-likeness (QED) is 0.851. The van der Waals surface area contributed by atoms with Crippen molar-refractivity contribution in [2.45, 2.75) is 44.6 Å². The summed E-state index contributed by atoms with van der Waals surface area (Å²) in [5.74, 6) is 0.165. The summed E-state index contributed by atoms with van der Waals surface area (Å²) in [6.45, 7) is 2.54. The molecule has 4 heterocycles. The number of rotatable bonds is 3. The predicted octanol–water partition coefficient (Wildman–Crippen LogP) is 0.744. The number of hydrogen-bond donors (Lipinski definition) is 1. The van der Waals surface area contributed by atoms with Crippen LogP contribution in [0, 0.1) is 5.41 Å². The van der Waals surface area contributed by atoms with Gasteiger partial charge in [-0.2, -0.15) is 0 Å². The van der Waals surface area contributed by atoms with E-state index in [0.29, 0.717) is 38.8 Å². The molecule has 1 aromatic rings. The standard InChI is InChI=1S/C20H26N4O3/c25-17-3-7-20(19(27)23-10-1-2-11-23)14-24(12-6-16(20)22-17)18(26)13-15-4-8-21-9-5-15/h4-5,8-9,16H,1-3,6-7,10-14H2,(H,22,25)/t16-,20+/m1/s1. The topological polar surface area (TPSA) is 82.6 Å². The van der Waals surface area contributed by atoms with Gasteiger partial charge < -0.3 is 15.1 Å². The summed E-state index contributed by atoms with van der Waals surface area (Å²) in [6.07, 6.45) is 7.25. The summed E-state index contributed by atoms with van der Waals surface area (Å²) in [5, 5.41) is 3.04. The normalized spacial score (nSPS) is 27.9. The molecule has 3 aliphatic heterocycles. The van der Waals surface area contributed by atoms with Crippen molar-refractivity contribution in [2.75, 3.05) is 26.2 Å². The highest BCUT2D eigenvalue weighted by atomic mass is 16.2. The second-order valence-electron chi connectivity index (χ2n) is 7.91. The number of carbonyl (C=O) groups excluding carboxylic acids is 3. The minimum absolute atomic E-state index is 0.0152. The number of likely N-dealkylation sites (tertiary alicyclic amines) is 2. The van der Waals surface area contributed by atoms with Crippen LogP contribution in [-0.2, 0) is 20.8 Å². The van der Waals surface area contributed by atoms with Gasteiger partial charge >= 0.3 is 0 Å². The minimum Gasteiger partial charge on any atom is -0.352 e. The Kier molecular flexibility index (Phi) is 4.85. The molecular weight excluding hydrogens is 344 g/mol. The maximum Gasteiger partial charge on any atom is 0.232 e. The third-order valence-electron chi connectivity index (χ3n) is 6.24. The smallest absolute Gasteiger partial charge is 0.232 e. The van der Waals surface area contributed by atoms with Crippen molar-refractivity contribution in [3.05, 3.63) is 30.1 Å². The lowest BCUT2D eigenvalue weighted by Crippen LogP contribution is -2.67. The van der Waals surface area contributed by atoms with Gasteiger partial charge in [0.15, 0.2) is 0 Å². The zero-order valence-corrected chi connectivity index (χ0v) is 15.5. The Morgan fingerprint density at radius 2 is 1.89 bits per heavy atom. The first-order chi connectivity index (χ1) is 13.1. The molecule has 0 aromatic carbocycles. The Morgan fingerprint density at radius 3 is 2.63 bits per heavy atom. The number of nitrogens with zero attached hydrogens (tertiary/aromatic N) is 3. The molecule has 27 heavy (non-hydrogen) atoms. The molecule has 0 unspecified atom stereocenters. The summed E-state index contributed by atoms with van der Waals surface area (Å²) in [5.41, 5.74) is 0.249. The Bertz CT molecular complexity index is 732. The van der Waals surface area contributed by atoms with Gasteiger partial charge in [-0.25, -0.2) is 0 Å². The average molecular weight is 370 g/mol. The van der Waals surface area contributed by atoms with Crippen molar-refractivity contribution in [1.82, 2.24) is 20.1 Å². The molecule has 3 saturated heterocycles. The number of amides is 3. The monoisotopic (exact) mass is 370 g/mol. The fourth-order valence-corrected chi connectivity index (χ4v) is 4.72. The molecule has 144 valence electrons. The third kappa shape index (κ3) is 3.42. The highest BCUT2D eigenvalue weighted by molar-refractivity contribution is 5.89. The van der Waals surface area contributed by atoms with Gasteiger partial charge in [0.2, 0.25) is 17.7 Å². The number of fused-ring (bicyclic) bond motifs is 1. The van der Waals surface area contributed by atoms with Crippen molar-refractivity contribution in [3.63, 3.8) is 0 Å². The molecule has 7 nitrogen and oxygen atoms in total. The van der Waals surface area contributed by atoms with E-state index < -0.39 is 5.41 Å². The van der Waals surface area contributed by atoms with Crippen molar-refractivity contribution < 1.29 is 14.4 Å². The first-order valence-corrected chi connectivity index (χ1v) is 9.84. The minimum atomic E-state index is -0.676. The van der Waals surface area contributed by atoms with Gasteiger partial charge in [0.25, 0.3) is 0 Å². The zero-order valence-electron chi connectivity index (χ0n) is 15.5. The average Bonchev–Trinajstić information content (AvgIpc) is 3.22. The van der Waals surface area contributed by atoms with Crippen LogP contribution in [0.15, 0.2) is 24.5 Å². The number of aromatic nitrogens is 1. The van der Waals surface area contributed by atoms with Crippen LogP contribution < -0.4 is 5.32 Å². The fourth-order valence-electron chi connectivity index (χ4n) is 4.72. The lowest BCUT2D eigenvalue weighted by molar-refractivity contribution is -0.155. The number of pyridine rings is 1. The largest absolute Gasteiger partial charge is 0.352 e. The van der Waals surface area contributed by atoms with Crippen LogP contribution in [-0.4, -0.2) is 64.7 Å². The van der Waals surface area contributed by atoms with Gasteiger partial charge in [-0.05, 0) is 43.4 Å². The van der Waals surface area contributed by atoms with E-state index in [-0.39, 0.29) is 23.8 Å². The van der Waals surface area contributed by atoms with Crippen LogP contribution in [0.3, 0.4) is 0 Å². The summed E-state index contributed by atoms with van der Waals surface area (Å²) < 4.78 is 0. The summed E-state index contributed by atoms with van der Waals surface area (Å²) in [7, 11) is 0. The Morgan fingerprint density at radius 1 is 1.15 bits per heavy atom. The molecule has 3 aliphatic rings. The van der Waals surface area contributed by atoms with Gasteiger partial charge in [-0.1, -0.05) is 0 Å². The molecule has 3 amide bonds. The van der Waals surface area contributed by atoms with Crippen LogP contribution in [0.5, 0.6) is 0 Å². The van der Waals surface area contributed by atoms with E-state index in [2.05, 4.69) is 10.3 Å². The van der Waals surface area contributed by atoms with E-state index in [1.165, 1.54) is 0 Å². The van der Waals surface area contributed by atoms with E-state index >= 15 is 0 Å². The van der Waals surface area contributed by atoms with E-state index in [0.717, 1.165) is 31.5 Å². The number of carbonyl (C=O) groups is 3. The first kappa shape index (κ1) is 17.9. The zero-order chi connectivity index (χ0) is 18.9. The van der Waals surface area contributed by atoms with Crippen molar-refractivity contribution in [3.8, 4) is 0 Å². The van der Waals surface area contributed by atoms with E-state index in [1.807, 2.05) is 21.9 Å². The first-order valence-electron chi connectivity index (χ1n) is 9.84. The van der Waals surface area contributed by atoms with Gasteiger partial charge in [0.05, 0.1) is 11.8 Å². The molecule has 7 heteroatoms. The molecule has 0 aliphatic carbocycles. The summed E-state index contributed by atoms with van der Waals surface area (Å²) in [6, 6.07) is 3.52. The van der Waals surface area contributed by atoms with Gasteiger partial charge in [0.1, 0.15) is 0 Å². The maximum absolute atomic E-state index is 13.4. The van der Waals surface area contributed by atoms with Crippen molar-refractivity contribution in [1.29, 1.82) is 0 Å².